The number of benzene rings is 2. The Morgan fingerprint density at radius 1 is 1.00 bits per heavy atom. The van der Waals surface area contributed by atoms with Crippen molar-refractivity contribution in [3.63, 3.8) is 0 Å². The molecule has 2 aromatic carbocycles. The van der Waals surface area contributed by atoms with Gasteiger partial charge in [-0.2, -0.15) is 0 Å². The molecule has 0 amide bonds. The fourth-order valence-electron chi connectivity index (χ4n) is 2.26. The summed E-state index contributed by atoms with van der Waals surface area (Å²) < 4.78 is 0. The minimum atomic E-state index is -0.510. The number of nitro benzene ring substituents is 1. The largest absolute Gasteiger partial charge is 2.00 e. The number of aliphatic imine (C=N–C) groups is 1. The van der Waals surface area contributed by atoms with Crippen molar-refractivity contribution in [2.24, 2.45) is 4.99 Å². The number of nitro groups is 1. The van der Waals surface area contributed by atoms with Gasteiger partial charge >= 0.3 is 19.8 Å². The van der Waals surface area contributed by atoms with Gasteiger partial charge in [-0.15, -0.1) is 0 Å². The molecule has 1 aromatic heterocycles. The zero-order chi connectivity index (χ0) is 20.5. The molecule has 30 heavy (non-hydrogen) atoms. The number of aryl methyl sites for hydroxylation is 1. The van der Waals surface area contributed by atoms with E-state index in [-0.39, 0.29) is 43.6 Å². The van der Waals surface area contributed by atoms with Crippen molar-refractivity contribution in [1.29, 1.82) is 0 Å². The second kappa shape index (κ2) is 13.6. The number of hydrogen-bond acceptors (Lipinski definition) is 5. The Balaban J connectivity index is 0.000000604. The standard InChI is InChI=1S/C12H9N3O3.C10H14.ClH.Os/c16-12(11-3-1-2-8-13-11)14-9-4-6-10(7-5-9)15(17)18;1-8(2)10-6-4-9(3)5-7-10;;/h1-8H,(H,14,16);4-8H,1-3H3;1H;/q;;;+2/p-2. The minimum absolute atomic E-state index is 0. The summed E-state index contributed by atoms with van der Waals surface area (Å²) in [6.45, 7) is 6.54. The normalized spacial score (nSPS) is 10.2. The monoisotopic (exact) mass is 603 g/mol. The number of nitrogens with zero attached hydrogens (tertiary/aromatic N) is 3. The number of rotatable bonds is 4. The van der Waals surface area contributed by atoms with Crippen LogP contribution in [-0.4, -0.2) is 15.8 Å². The van der Waals surface area contributed by atoms with E-state index < -0.39 is 10.8 Å². The van der Waals surface area contributed by atoms with E-state index in [4.69, 9.17) is 0 Å². The van der Waals surface area contributed by atoms with Crippen LogP contribution in [-0.2, 0) is 19.8 Å². The van der Waals surface area contributed by atoms with Gasteiger partial charge in [0.25, 0.3) is 5.69 Å². The Bertz CT molecular complexity index is 932. The molecule has 1 heterocycles. The SMILES string of the molecule is Cc1ccc(C(C)C)cc1.O=[N+]([O-])c1ccc(N=C([O-])c2ccccn2)cc1.[Cl-].[Os+2]. The van der Waals surface area contributed by atoms with Crippen molar-refractivity contribution in [3.05, 3.63) is 99.9 Å². The van der Waals surface area contributed by atoms with Gasteiger partial charge in [-0.3, -0.25) is 20.1 Å². The van der Waals surface area contributed by atoms with E-state index in [9.17, 15) is 15.2 Å². The molecule has 0 spiro atoms. The number of hydrogen-bond donors (Lipinski definition) is 0. The van der Waals surface area contributed by atoms with Crippen molar-refractivity contribution in [2.75, 3.05) is 0 Å². The molecule has 3 rings (SSSR count). The molecule has 0 radical (unpaired) electrons. The number of pyridine rings is 1. The topological polar surface area (TPSA) is 91.5 Å². The Hall–Kier alpha value is -2.61. The predicted octanol–water partition coefficient (Wildman–Crippen LogP) is 1.55. The third-order valence-corrected chi connectivity index (χ3v) is 3.92. The second-order valence-corrected chi connectivity index (χ2v) is 6.47. The summed E-state index contributed by atoms with van der Waals surface area (Å²) >= 11 is 0. The van der Waals surface area contributed by atoms with Crippen LogP contribution >= 0.6 is 0 Å². The molecule has 0 aliphatic rings. The van der Waals surface area contributed by atoms with Gasteiger partial charge in [-0.25, -0.2) is 0 Å². The average Bonchev–Trinajstić information content (AvgIpc) is 2.70. The van der Waals surface area contributed by atoms with E-state index >= 15 is 0 Å². The Kier molecular flexibility index (Phi) is 12.4. The van der Waals surface area contributed by atoms with Crippen LogP contribution in [0.5, 0.6) is 0 Å². The van der Waals surface area contributed by atoms with Gasteiger partial charge in [0.2, 0.25) is 0 Å². The van der Waals surface area contributed by atoms with Crippen molar-refractivity contribution in [2.45, 2.75) is 26.7 Å². The number of halogens is 1. The molecular weight excluding hydrogens is 580 g/mol. The first-order valence-corrected chi connectivity index (χ1v) is 8.85. The molecule has 158 valence electrons. The van der Waals surface area contributed by atoms with Gasteiger partial charge in [0.05, 0.1) is 16.3 Å². The van der Waals surface area contributed by atoms with Crippen LogP contribution in [0.25, 0.3) is 0 Å². The first-order valence-electron chi connectivity index (χ1n) is 8.85. The number of aromatic nitrogens is 1. The molecule has 0 saturated carbocycles. The molecule has 0 bridgehead atoms. The summed E-state index contributed by atoms with van der Waals surface area (Å²) in [4.78, 5) is 17.6. The van der Waals surface area contributed by atoms with Crippen molar-refractivity contribution in [3.8, 4) is 0 Å². The van der Waals surface area contributed by atoms with Crippen molar-refractivity contribution in [1.82, 2.24) is 4.98 Å². The summed E-state index contributed by atoms with van der Waals surface area (Å²) in [5.74, 6) is 0.171. The maximum Gasteiger partial charge on any atom is 2.00 e. The van der Waals surface area contributed by atoms with Gasteiger partial charge in [-0.05, 0) is 42.7 Å². The van der Waals surface area contributed by atoms with Crippen LogP contribution in [0, 0.1) is 17.0 Å². The molecule has 0 saturated heterocycles. The Labute approximate surface area is 195 Å². The van der Waals surface area contributed by atoms with Crippen LogP contribution in [0.3, 0.4) is 0 Å². The maximum atomic E-state index is 11.7. The third-order valence-electron chi connectivity index (χ3n) is 3.92. The molecule has 0 unspecified atom stereocenters. The first kappa shape index (κ1) is 27.4. The van der Waals surface area contributed by atoms with Gasteiger partial charge in [0.1, 0.15) is 0 Å². The van der Waals surface area contributed by atoms with Crippen LogP contribution in [0.1, 0.15) is 36.6 Å². The van der Waals surface area contributed by atoms with E-state index in [0.717, 1.165) is 0 Å². The van der Waals surface area contributed by atoms with Gasteiger partial charge < -0.3 is 17.5 Å². The molecule has 0 N–H and O–H groups in total. The minimum Gasteiger partial charge on any atom is -1.00 e. The summed E-state index contributed by atoms with van der Waals surface area (Å²) in [5.41, 5.74) is 3.31. The van der Waals surface area contributed by atoms with Crippen molar-refractivity contribution >= 4 is 17.3 Å². The fourth-order valence-corrected chi connectivity index (χ4v) is 2.26. The number of non-ortho nitro benzene ring substituents is 1. The quantitative estimate of drug-likeness (QED) is 0.196. The van der Waals surface area contributed by atoms with Crippen LogP contribution in [0.2, 0.25) is 0 Å². The predicted molar refractivity (Wildman–Crippen MR) is 109 cm³/mol. The van der Waals surface area contributed by atoms with E-state index in [2.05, 4.69) is 55.0 Å². The molecule has 0 fully saturated rings. The molecule has 0 atom stereocenters. The van der Waals surface area contributed by atoms with E-state index in [1.807, 2.05) is 0 Å². The molecule has 8 heteroatoms. The molecule has 0 aliphatic heterocycles. The third kappa shape index (κ3) is 8.81. The summed E-state index contributed by atoms with van der Waals surface area (Å²) in [6.07, 6.45) is 1.50. The molecular formula is C22H22ClN3O3Os. The zero-order valence-corrected chi connectivity index (χ0v) is 20.1. The van der Waals surface area contributed by atoms with Crippen molar-refractivity contribution < 1.29 is 42.2 Å². The smallest absolute Gasteiger partial charge is 1.00 e. The molecule has 3 aromatic rings. The van der Waals surface area contributed by atoms with Gasteiger partial charge in [0, 0.05) is 24.2 Å². The van der Waals surface area contributed by atoms with Gasteiger partial charge in [-0.1, -0.05) is 49.7 Å². The van der Waals surface area contributed by atoms with E-state index in [1.165, 1.54) is 41.6 Å². The maximum absolute atomic E-state index is 11.7. The first-order chi connectivity index (χ1) is 13.4. The average molecular weight is 602 g/mol. The molecule has 0 aliphatic carbocycles. The van der Waals surface area contributed by atoms with Gasteiger partial charge in [0.15, 0.2) is 0 Å². The van der Waals surface area contributed by atoms with E-state index in [0.29, 0.717) is 11.6 Å². The zero-order valence-electron chi connectivity index (χ0n) is 16.8. The Morgan fingerprint density at radius 2 is 1.60 bits per heavy atom. The molecule has 6 nitrogen and oxygen atoms in total. The summed E-state index contributed by atoms with van der Waals surface area (Å²) in [5, 5.41) is 22.1. The summed E-state index contributed by atoms with van der Waals surface area (Å²) in [7, 11) is 0. The van der Waals surface area contributed by atoms with Crippen LogP contribution in [0.15, 0.2) is 77.9 Å². The Morgan fingerprint density at radius 3 is 2.07 bits per heavy atom. The fraction of sp³-hybridized carbons (Fsp3) is 0.182. The van der Waals surface area contributed by atoms with E-state index in [1.54, 1.807) is 18.2 Å². The van der Waals surface area contributed by atoms with Crippen LogP contribution < -0.4 is 17.5 Å². The summed E-state index contributed by atoms with van der Waals surface area (Å²) in [6, 6.07) is 19.1. The second-order valence-electron chi connectivity index (χ2n) is 6.47. The van der Waals surface area contributed by atoms with Crippen LogP contribution in [0.4, 0.5) is 11.4 Å².